The van der Waals surface area contributed by atoms with Crippen molar-refractivity contribution >= 4 is 11.7 Å². The highest BCUT2D eigenvalue weighted by molar-refractivity contribution is 5.94. The lowest BCUT2D eigenvalue weighted by Crippen LogP contribution is -2.23. The largest absolute Gasteiger partial charge is 0.493 e. The zero-order valence-electron chi connectivity index (χ0n) is 14.6. The van der Waals surface area contributed by atoms with Gasteiger partial charge in [0.2, 0.25) is 18.4 Å². The van der Waals surface area contributed by atoms with Crippen LogP contribution >= 0.6 is 0 Å². The van der Waals surface area contributed by atoms with Crippen LogP contribution in [0.25, 0.3) is 0 Å². The van der Waals surface area contributed by atoms with Crippen LogP contribution in [0.4, 0.5) is 5.82 Å². The number of carbonyl (C=O) groups excluding carboxylic acids is 1. The molecule has 0 radical (unpaired) electrons. The lowest BCUT2D eigenvalue weighted by Gasteiger charge is -2.23. The van der Waals surface area contributed by atoms with E-state index < -0.39 is 0 Å². The number of fused-ring (bicyclic) bond motifs is 2. The third-order valence-corrected chi connectivity index (χ3v) is 4.77. The van der Waals surface area contributed by atoms with Crippen LogP contribution in [0, 0.1) is 6.92 Å². The van der Waals surface area contributed by atoms with Gasteiger partial charge in [-0.05, 0) is 31.0 Å². The second-order valence-corrected chi connectivity index (χ2v) is 6.33. The molecule has 0 fully saturated rings. The Balaban J connectivity index is 1.83. The van der Waals surface area contributed by atoms with Crippen molar-refractivity contribution in [2.45, 2.75) is 39.2 Å². The minimum Gasteiger partial charge on any atom is -0.493 e. The van der Waals surface area contributed by atoms with E-state index in [0.717, 1.165) is 29.8 Å². The van der Waals surface area contributed by atoms with Crippen LogP contribution in [0.2, 0.25) is 0 Å². The van der Waals surface area contributed by atoms with E-state index in [1.54, 1.807) is 7.11 Å². The van der Waals surface area contributed by atoms with Crippen LogP contribution < -0.4 is 19.5 Å². The number of aryl methyl sites for hydroxylation is 1. The Morgan fingerprint density at radius 3 is 3.00 bits per heavy atom. The Morgan fingerprint density at radius 2 is 2.24 bits per heavy atom. The standard InChI is InChI=1S/C18H21N3O4/c1-4-5-21-10(2)16-12(8-15(22)19-18(16)20-21)11-6-13(23-3)17-14(7-11)24-9-25-17/h6-7,12H,4-5,8-9H2,1-3H3,(H,19,20,22). The van der Waals surface area contributed by atoms with E-state index in [0.29, 0.717) is 29.5 Å². The molecule has 2 aliphatic rings. The molecule has 2 aromatic rings. The average molecular weight is 343 g/mol. The molecular weight excluding hydrogens is 322 g/mol. The predicted octanol–water partition coefficient (Wildman–Crippen LogP) is 2.81. The fraction of sp³-hybridized carbons (Fsp3) is 0.444. The molecule has 1 N–H and O–H groups in total. The number of rotatable bonds is 4. The van der Waals surface area contributed by atoms with Crippen molar-refractivity contribution in [3.63, 3.8) is 0 Å². The lowest BCUT2D eigenvalue weighted by molar-refractivity contribution is -0.116. The number of amides is 1. The molecule has 7 nitrogen and oxygen atoms in total. The number of anilines is 1. The Labute approximate surface area is 145 Å². The monoisotopic (exact) mass is 343 g/mol. The number of hydrogen-bond acceptors (Lipinski definition) is 5. The molecule has 0 bridgehead atoms. The first-order valence-corrected chi connectivity index (χ1v) is 8.47. The summed E-state index contributed by atoms with van der Waals surface area (Å²) >= 11 is 0. The molecule has 0 saturated carbocycles. The smallest absolute Gasteiger partial charge is 0.231 e. The van der Waals surface area contributed by atoms with Crippen LogP contribution in [-0.4, -0.2) is 29.6 Å². The first-order valence-electron chi connectivity index (χ1n) is 8.47. The molecule has 1 unspecified atom stereocenters. The molecular formula is C18H21N3O4. The van der Waals surface area contributed by atoms with Crippen molar-refractivity contribution in [3.8, 4) is 17.2 Å². The molecule has 1 aromatic carbocycles. The number of hydrogen-bond donors (Lipinski definition) is 1. The van der Waals surface area contributed by atoms with Gasteiger partial charge in [-0.3, -0.25) is 9.48 Å². The first kappa shape index (κ1) is 15.8. The maximum atomic E-state index is 12.2. The van der Waals surface area contributed by atoms with E-state index in [-0.39, 0.29) is 18.6 Å². The van der Waals surface area contributed by atoms with E-state index >= 15 is 0 Å². The number of nitrogens with zero attached hydrogens (tertiary/aromatic N) is 2. The van der Waals surface area contributed by atoms with Crippen LogP contribution in [0.5, 0.6) is 17.2 Å². The first-order chi connectivity index (χ1) is 12.1. The lowest BCUT2D eigenvalue weighted by atomic mass is 9.85. The molecule has 3 heterocycles. The third kappa shape index (κ3) is 2.50. The third-order valence-electron chi connectivity index (χ3n) is 4.77. The number of methoxy groups -OCH3 is 1. The number of nitrogens with one attached hydrogen (secondary N) is 1. The fourth-order valence-electron chi connectivity index (χ4n) is 3.61. The van der Waals surface area contributed by atoms with Gasteiger partial charge in [-0.15, -0.1) is 0 Å². The van der Waals surface area contributed by atoms with Crippen molar-refractivity contribution in [2.24, 2.45) is 0 Å². The van der Waals surface area contributed by atoms with Crippen LogP contribution in [0.15, 0.2) is 12.1 Å². The number of ether oxygens (including phenoxy) is 3. The predicted molar refractivity (Wildman–Crippen MR) is 91.5 cm³/mol. The molecule has 0 aliphatic carbocycles. The van der Waals surface area contributed by atoms with Crippen molar-refractivity contribution < 1.29 is 19.0 Å². The fourth-order valence-corrected chi connectivity index (χ4v) is 3.61. The van der Waals surface area contributed by atoms with Gasteiger partial charge >= 0.3 is 0 Å². The van der Waals surface area contributed by atoms with Crippen LogP contribution in [0.1, 0.15) is 42.5 Å². The highest BCUT2D eigenvalue weighted by Gasteiger charge is 2.33. The number of aromatic nitrogens is 2. The second kappa shape index (κ2) is 5.98. The van der Waals surface area contributed by atoms with Crippen molar-refractivity contribution in [1.29, 1.82) is 0 Å². The van der Waals surface area contributed by atoms with Gasteiger partial charge in [0.05, 0.1) is 7.11 Å². The van der Waals surface area contributed by atoms with Crippen molar-refractivity contribution in [1.82, 2.24) is 9.78 Å². The maximum absolute atomic E-state index is 12.2. The molecule has 1 aromatic heterocycles. The molecule has 7 heteroatoms. The molecule has 1 amide bonds. The highest BCUT2D eigenvalue weighted by atomic mass is 16.7. The van der Waals surface area contributed by atoms with Gasteiger partial charge in [0.15, 0.2) is 17.3 Å². The molecule has 2 aliphatic heterocycles. The molecule has 0 spiro atoms. The summed E-state index contributed by atoms with van der Waals surface area (Å²) < 4.78 is 18.4. The summed E-state index contributed by atoms with van der Waals surface area (Å²) in [6.07, 6.45) is 1.35. The molecule has 0 saturated heterocycles. The Kier molecular flexibility index (Phi) is 3.78. The summed E-state index contributed by atoms with van der Waals surface area (Å²) in [7, 11) is 1.60. The van der Waals surface area contributed by atoms with Gasteiger partial charge < -0.3 is 19.5 Å². The average Bonchev–Trinajstić information content (AvgIpc) is 3.18. The van der Waals surface area contributed by atoms with E-state index in [9.17, 15) is 4.79 Å². The number of carbonyl (C=O) groups is 1. The maximum Gasteiger partial charge on any atom is 0.231 e. The van der Waals surface area contributed by atoms with Gasteiger partial charge in [0, 0.05) is 30.1 Å². The number of benzene rings is 1. The molecule has 25 heavy (non-hydrogen) atoms. The van der Waals surface area contributed by atoms with Crippen molar-refractivity contribution in [2.75, 3.05) is 19.2 Å². The highest BCUT2D eigenvalue weighted by Crippen LogP contribution is 2.47. The SMILES string of the molecule is CCCn1nc2c(c1C)C(c1cc(OC)c3c(c1)OCO3)CC(=O)N2. The zero-order valence-corrected chi connectivity index (χ0v) is 14.6. The summed E-state index contributed by atoms with van der Waals surface area (Å²) in [5.74, 6) is 2.43. The van der Waals surface area contributed by atoms with Crippen LogP contribution in [-0.2, 0) is 11.3 Å². The quantitative estimate of drug-likeness (QED) is 0.924. The van der Waals surface area contributed by atoms with Gasteiger partial charge in [0.25, 0.3) is 0 Å². The van der Waals surface area contributed by atoms with Crippen LogP contribution in [0.3, 0.4) is 0 Å². The van der Waals surface area contributed by atoms with Gasteiger partial charge in [-0.1, -0.05) is 6.92 Å². The Hall–Kier alpha value is -2.70. The van der Waals surface area contributed by atoms with Gasteiger partial charge in [0.1, 0.15) is 0 Å². The minimum atomic E-state index is -0.0854. The normalized spacial score (nSPS) is 18.0. The van der Waals surface area contributed by atoms with E-state index in [2.05, 4.69) is 24.3 Å². The summed E-state index contributed by atoms with van der Waals surface area (Å²) in [4.78, 5) is 12.2. The Bertz CT molecular complexity index is 843. The Morgan fingerprint density at radius 1 is 1.40 bits per heavy atom. The van der Waals surface area contributed by atoms with Gasteiger partial charge in [-0.25, -0.2) is 0 Å². The van der Waals surface area contributed by atoms with Gasteiger partial charge in [-0.2, -0.15) is 5.10 Å². The van der Waals surface area contributed by atoms with E-state index in [1.165, 1.54) is 0 Å². The summed E-state index contributed by atoms with van der Waals surface area (Å²) in [6.45, 7) is 5.17. The zero-order chi connectivity index (χ0) is 17.6. The molecule has 1 atom stereocenters. The molecule has 4 rings (SSSR count). The van der Waals surface area contributed by atoms with E-state index in [4.69, 9.17) is 14.2 Å². The summed E-state index contributed by atoms with van der Waals surface area (Å²) in [5.41, 5.74) is 3.11. The second-order valence-electron chi connectivity index (χ2n) is 6.33. The summed E-state index contributed by atoms with van der Waals surface area (Å²) in [5, 5.41) is 7.48. The van der Waals surface area contributed by atoms with Crippen molar-refractivity contribution in [3.05, 3.63) is 29.0 Å². The topological polar surface area (TPSA) is 74.6 Å². The summed E-state index contributed by atoms with van der Waals surface area (Å²) in [6, 6.07) is 3.87. The van der Waals surface area contributed by atoms with E-state index in [1.807, 2.05) is 16.8 Å². The minimum absolute atomic E-state index is 0.0321. The molecule has 132 valence electrons.